The molecule has 1 saturated heterocycles. The van der Waals surface area contributed by atoms with Crippen molar-refractivity contribution in [1.29, 1.82) is 0 Å². The van der Waals surface area contributed by atoms with Gasteiger partial charge in [-0.05, 0) is 19.2 Å². The molecular formula is C26H34N6O10. The van der Waals surface area contributed by atoms with Gasteiger partial charge in [-0.15, -0.1) is 0 Å². The topological polar surface area (TPSA) is 191 Å². The lowest BCUT2D eigenvalue weighted by atomic mass is 10.1. The molecule has 2 N–H and O–H groups in total. The number of aromatic nitrogens is 4. The van der Waals surface area contributed by atoms with Gasteiger partial charge < -0.3 is 34.1 Å². The summed E-state index contributed by atoms with van der Waals surface area (Å²) in [7, 11) is 2.91. The fourth-order valence-corrected chi connectivity index (χ4v) is 4.26. The number of nitrogens with one attached hydrogen (secondary N) is 2. The Balaban J connectivity index is 1.61. The molecule has 16 nitrogen and oxygen atoms in total. The van der Waals surface area contributed by atoms with E-state index < -0.39 is 53.7 Å². The number of hydrogen-bond donors (Lipinski definition) is 2. The molecule has 228 valence electrons. The second-order valence-electron chi connectivity index (χ2n) is 9.49. The molecule has 1 fully saturated rings. The van der Waals surface area contributed by atoms with Gasteiger partial charge in [-0.3, -0.25) is 33.1 Å². The van der Waals surface area contributed by atoms with E-state index in [-0.39, 0.29) is 36.8 Å². The van der Waals surface area contributed by atoms with Gasteiger partial charge in [0.25, 0.3) is 5.56 Å². The second kappa shape index (κ2) is 13.8. The quantitative estimate of drug-likeness (QED) is 0.137. The summed E-state index contributed by atoms with van der Waals surface area (Å²) in [6.45, 7) is 5.40. The summed E-state index contributed by atoms with van der Waals surface area (Å²) >= 11 is 0. The van der Waals surface area contributed by atoms with E-state index in [4.69, 9.17) is 18.9 Å². The first-order chi connectivity index (χ1) is 19.8. The van der Waals surface area contributed by atoms with Gasteiger partial charge in [0.1, 0.15) is 12.7 Å². The largest absolute Gasteiger partial charge is 0.463 e. The maximum Gasteiger partial charge on any atom is 0.332 e. The molecule has 0 aromatic carbocycles. The zero-order valence-electron chi connectivity index (χ0n) is 24.1. The molecule has 3 rings (SSSR count). The highest BCUT2D eigenvalue weighted by Crippen LogP contribution is 2.26. The van der Waals surface area contributed by atoms with Crippen LogP contribution in [0.15, 0.2) is 39.8 Å². The van der Waals surface area contributed by atoms with Crippen molar-refractivity contribution in [2.24, 2.45) is 14.1 Å². The fraction of sp³-hybridized carbons (Fsp3) is 0.500. The van der Waals surface area contributed by atoms with Crippen molar-refractivity contribution in [2.75, 3.05) is 13.2 Å². The van der Waals surface area contributed by atoms with E-state index >= 15 is 0 Å². The number of ether oxygens (including phenoxy) is 4. The summed E-state index contributed by atoms with van der Waals surface area (Å²) < 4.78 is 25.2. The molecule has 16 heteroatoms. The zero-order valence-corrected chi connectivity index (χ0v) is 24.1. The smallest absolute Gasteiger partial charge is 0.332 e. The highest BCUT2D eigenvalue weighted by Gasteiger charge is 2.49. The summed E-state index contributed by atoms with van der Waals surface area (Å²) in [5, 5.41) is 5.64. The minimum Gasteiger partial charge on any atom is -0.463 e. The van der Waals surface area contributed by atoms with Crippen LogP contribution in [0.1, 0.15) is 27.7 Å². The number of carbonyl (C=O) groups excluding carboxylic acids is 4. The van der Waals surface area contributed by atoms with Gasteiger partial charge >= 0.3 is 23.6 Å². The fourth-order valence-electron chi connectivity index (χ4n) is 4.26. The molecule has 42 heavy (non-hydrogen) atoms. The molecule has 1 amide bonds. The van der Waals surface area contributed by atoms with E-state index in [2.05, 4.69) is 15.6 Å². The van der Waals surface area contributed by atoms with Crippen molar-refractivity contribution in [3.63, 3.8) is 0 Å². The third kappa shape index (κ3) is 7.51. The molecule has 0 aliphatic carbocycles. The number of rotatable bonds is 11. The monoisotopic (exact) mass is 590 g/mol. The molecule has 0 saturated carbocycles. The molecule has 0 radical (unpaired) electrons. The van der Waals surface area contributed by atoms with E-state index in [1.54, 1.807) is 11.5 Å². The van der Waals surface area contributed by atoms with E-state index in [0.717, 1.165) is 4.57 Å². The Hall–Kier alpha value is -4.73. The maximum atomic E-state index is 12.6. The number of allylic oxidation sites excluding steroid dienone is 2. The molecule has 1 aliphatic rings. The van der Waals surface area contributed by atoms with Crippen LogP contribution in [0, 0.1) is 0 Å². The van der Waals surface area contributed by atoms with Crippen molar-refractivity contribution >= 4 is 35.0 Å². The number of aryl methyl sites for hydroxylation is 1. The third-order valence-corrected chi connectivity index (χ3v) is 6.28. The lowest BCUT2D eigenvalue weighted by Gasteiger charge is -2.23. The van der Waals surface area contributed by atoms with Crippen LogP contribution in [0.3, 0.4) is 0 Å². The Bertz CT molecular complexity index is 1530. The molecule has 3 heterocycles. The van der Waals surface area contributed by atoms with E-state index in [1.807, 2.05) is 0 Å². The number of esters is 3. The summed E-state index contributed by atoms with van der Waals surface area (Å²) in [4.78, 5) is 75.9. The van der Waals surface area contributed by atoms with Gasteiger partial charge in [-0.1, -0.05) is 6.08 Å². The molecular weight excluding hydrogens is 556 g/mol. The molecule has 2 aromatic rings. The van der Waals surface area contributed by atoms with Crippen LogP contribution in [0.4, 0.5) is 0 Å². The van der Waals surface area contributed by atoms with Gasteiger partial charge in [0.15, 0.2) is 29.6 Å². The second-order valence-corrected chi connectivity index (χ2v) is 9.49. The summed E-state index contributed by atoms with van der Waals surface area (Å²) in [5.74, 6) is -2.20. The van der Waals surface area contributed by atoms with Gasteiger partial charge in [-0.2, -0.15) is 0 Å². The number of nitrogens with zero attached hydrogens (tertiary/aromatic N) is 4. The first-order valence-electron chi connectivity index (χ1n) is 12.9. The van der Waals surface area contributed by atoms with Crippen LogP contribution in [0.5, 0.6) is 0 Å². The average Bonchev–Trinajstić information content (AvgIpc) is 3.48. The maximum absolute atomic E-state index is 12.6. The summed E-state index contributed by atoms with van der Waals surface area (Å²) in [6, 6.07) is 0. The molecule has 4 atom stereocenters. The molecule has 0 spiro atoms. The first kappa shape index (κ1) is 31.8. The van der Waals surface area contributed by atoms with Crippen molar-refractivity contribution < 1.29 is 38.1 Å². The SMILES string of the molecule is CC(=O)OC[C@H]1O[C@@H](N/C=C\C=C(/C)C(=O)NCCn2cnc3c2c(=O)n(C)c(=O)n3C)[C@H](OC(C)=O)[C@@H]1OC(C)=O. The zero-order chi connectivity index (χ0) is 31.1. The molecule has 2 aromatic heterocycles. The lowest BCUT2D eigenvalue weighted by Crippen LogP contribution is -2.44. The summed E-state index contributed by atoms with van der Waals surface area (Å²) in [6.07, 6.45) is 2.03. The Morgan fingerprint density at radius 2 is 1.67 bits per heavy atom. The van der Waals surface area contributed by atoms with Gasteiger partial charge in [-0.25, -0.2) is 9.78 Å². The Morgan fingerprint density at radius 3 is 2.31 bits per heavy atom. The van der Waals surface area contributed by atoms with Crippen molar-refractivity contribution in [3.8, 4) is 0 Å². The average molecular weight is 591 g/mol. The van der Waals surface area contributed by atoms with Crippen LogP contribution in [0.25, 0.3) is 11.2 Å². The van der Waals surface area contributed by atoms with Gasteiger partial charge in [0.05, 0.1) is 6.33 Å². The van der Waals surface area contributed by atoms with Crippen LogP contribution in [-0.2, 0) is 58.8 Å². The van der Waals surface area contributed by atoms with E-state index in [9.17, 15) is 28.8 Å². The Morgan fingerprint density at radius 1 is 1.00 bits per heavy atom. The van der Waals surface area contributed by atoms with Crippen LogP contribution < -0.4 is 21.9 Å². The highest BCUT2D eigenvalue weighted by atomic mass is 16.7. The standard InChI is InChI=1S/C26H34N6O10/c1-14(23(36)27-10-11-32-13-29-22-19(32)25(37)31(6)26(38)30(22)5)8-7-9-28-24-21(41-17(4)35)20(40-16(3)34)18(42-24)12-39-15(2)33/h7-9,13,18,20-21,24,28H,10-12H2,1-6H3,(H,27,36)/b9-7-,14-8+/t18-,20-,21-,24-/m1/s1. The van der Waals surface area contributed by atoms with Crippen LogP contribution in [-0.4, -0.2) is 80.2 Å². The number of carbonyl (C=O) groups is 4. The normalized spacial score (nSPS) is 20.5. The van der Waals surface area contributed by atoms with E-state index in [1.165, 1.54) is 64.1 Å². The van der Waals surface area contributed by atoms with E-state index in [0.29, 0.717) is 5.57 Å². The first-order valence-corrected chi connectivity index (χ1v) is 12.9. The minimum absolute atomic E-state index is 0.185. The molecule has 0 unspecified atom stereocenters. The predicted molar refractivity (Wildman–Crippen MR) is 146 cm³/mol. The number of amides is 1. The number of fused-ring (bicyclic) bond motifs is 1. The number of hydrogen-bond acceptors (Lipinski definition) is 12. The van der Waals surface area contributed by atoms with Crippen LogP contribution >= 0.6 is 0 Å². The minimum atomic E-state index is -1.04. The van der Waals surface area contributed by atoms with Crippen molar-refractivity contribution in [1.82, 2.24) is 29.3 Å². The Kier molecular flexibility index (Phi) is 10.4. The highest BCUT2D eigenvalue weighted by molar-refractivity contribution is 5.93. The predicted octanol–water partition coefficient (Wildman–Crippen LogP) is -1.25. The Labute approximate surface area is 239 Å². The summed E-state index contributed by atoms with van der Waals surface area (Å²) in [5.41, 5.74) is -0.104. The van der Waals surface area contributed by atoms with Gasteiger partial charge in [0.2, 0.25) is 5.91 Å². The van der Waals surface area contributed by atoms with Crippen LogP contribution in [0.2, 0.25) is 0 Å². The number of imidazole rings is 1. The molecule has 1 aliphatic heterocycles. The van der Waals surface area contributed by atoms with Crippen molar-refractivity contribution in [3.05, 3.63) is 51.1 Å². The van der Waals surface area contributed by atoms with Gasteiger partial charge in [0, 0.05) is 53.5 Å². The molecule has 0 bridgehead atoms. The lowest BCUT2D eigenvalue weighted by molar-refractivity contribution is -0.165. The van der Waals surface area contributed by atoms with Crippen molar-refractivity contribution in [2.45, 2.75) is 58.8 Å². The third-order valence-electron chi connectivity index (χ3n) is 6.28.